The lowest BCUT2D eigenvalue weighted by Gasteiger charge is -2.36. The molecule has 0 fully saturated rings. The number of phenols is 1. The zero-order valence-electron chi connectivity index (χ0n) is 14.6. The molecule has 0 radical (unpaired) electrons. The molecule has 2 nitrogen and oxygen atoms in total. The normalized spacial score (nSPS) is 17.9. The van der Waals surface area contributed by atoms with Gasteiger partial charge in [-0.1, -0.05) is 36.4 Å². The molecule has 0 saturated carbocycles. The highest BCUT2D eigenvalue weighted by Gasteiger charge is 2.27. The van der Waals surface area contributed by atoms with Crippen molar-refractivity contribution in [3.05, 3.63) is 65.2 Å². The predicted octanol–water partition coefficient (Wildman–Crippen LogP) is 4.95. The molecule has 1 aliphatic carbocycles. The second-order valence-corrected chi connectivity index (χ2v) is 6.84. The van der Waals surface area contributed by atoms with Gasteiger partial charge in [-0.15, -0.1) is 17.0 Å². The van der Waals surface area contributed by atoms with Gasteiger partial charge in [0.15, 0.2) is 0 Å². The Morgan fingerprint density at radius 2 is 1.92 bits per heavy atom. The van der Waals surface area contributed by atoms with E-state index in [1.807, 2.05) is 12.1 Å². The van der Waals surface area contributed by atoms with Gasteiger partial charge < -0.3 is 10.0 Å². The molecule has 0 spiro atoms. The van der Waals surface area contributed by atoms with E-state index in [2.05, 4.69) is 55.3 Å². The van der Waals surface area contributed by atoms with E-state index in [4.69, 9.17) is 0 Å². The second kappa shape index (κ2) is 8.68. The Balaban J connectivity index is 0.00000208. The van der Waals surface area contributed by atoms with Crippen LogP contribution >= 0.6 is 17.0 Å². The summed E-state index contributed by atoms with van der Waals surface area (Å²) in [5.74, 6) is 0.967. The Kier molecular flexibility index (Phi) is 6.88. The van der Waals surface area contributed by atoms with Gasteiger partial charge in [0.25, 0.3) is 0 Å². The Morgan fingerprint density at radius 1 is 1.17 bits per heavy atom. The number of aromatic hydroxyl groups is 1. The molecule has 2 atom stereocenters. The molecule has 2 aromatic carbocycles. The summed E-state index contributed by atoms with van der Waals surface area (Å²) in [6.07, 6.45) is 4.66. The first-order valence-corrected chi connectivity index (χ1v) is 8.71. The van der Waals surface area contributed by atoms with Gasteiger partial charge in [0, 0.05) is 12.6 Å². The second-order valence-electron chi connectivity index (χ2n) is 6.84. The number of benzene rings is 2. The Labute approximate surface area is 156 Å². The minimum absolute atomic E-state index is 0. The van der Waals surface area contributed by atoms with E-state index >= 15 is 0 Å². The molecule has 0 heterocycles. The summed E-state index contributed by atoms with van der Waals surface area (Å²) >= 11 is 0. The van der Waals surface area contributed by atoms with Gasteiger partial charge >= 0.3 is 0 Å². The van der Waals surface area contributed by atoms with Crippen LogP contribution in [0.15, 0.2) is 48.5 Å². The number of fused-ring (bicyclic) bond motifs is 1. The van der Waals surface area contributed by atoms with Crippen molar-refractivity contribution in [2.75, 3.05) is 13.6 Å². The molecule has 1 aliphatic rings. The first-order valence-electron chi connectivity index (χ1n) is 8.71. The van der Waals surface area contributed by atoms with Crippen LogP contribution < -0.4 is 0 Å². The van der Waals surface area contributed by atoms with Crippen LogP contribution in [0.3, 0.4) is 0 Å². The van der Waals surface area contributed by atoms with Crippen molar-refractivity contribution < 1.29 is 5.11 Å². The SMILES string of the molecule is Br.CC(C1CCCc2cc(O)ccc21)N(C)CCc1ccccc1. The van der Waals surface area contributed by atoms with E-state index in [1.165, 1.54) is 29.5 Å². The highest BCUT2D eigenvalue weighted by atomic mass is 79.9. The van der Waals surface area contributed by atoms with Crippen molar-refractivity contribution >= 4 is 17.0 Å². The average Bonchev–Trinajstić information content (AvgIpc) is 2.59. The van der Waals surface area contributed by atoms with Gasteiger partial charge in [0.05, 0.1) is 0 Å². The average molecular weight is 390 g/mol. The van der Waals surface area contributed by atoms with Gasteiger partial charge in [-0.2, -0.15) is 0 Å². The number of hydrogen-bond donors (Lipinski definition) is 1. The lowest BCUT2D eigenvalue weighted by molar-refractivity contribution is 0.216. The largest absolute Gasteiger partial charge is 0.508 e. The standard InChI is InChI=1S/C21H27NO.BrH/c1-16(22(2)14-13-17-7-4-3-5-8-17)20-10-6-9-18-15-19(23)11-12-21(18)20;/h3-5,7-8,11-12,15-16,20,23H,6,9-10,13-14H2,1-2H3;1H. The first-order chi connectivity index (χ1) is 11.1. The summed E-state index contributed by atoms with van der Waals surface area (Å²) in [7, 11) is 2.24. The van der Waals surface area contributed by atoms with E-state index in [9.17, 15) is 5.11 Å². The van der Waals surface area contributed by atoms with Gasteiger partial charge in [-0.3, -0.25) is 0 Å². The van der Waals surface area contributed by atoms with Crippen LogP contribution in [0.1, 0.15) is 42.4 Å². The Morgan fingerprint density at radius 3 is 2.67 bits per heavy atom. The fourth-order valence-electron chi connectivity index (χ4n) is 3.80. The fraction of sp³-hybridized carbons (Fsp3) is 0.429. The lowest BCUT2D eigenvalue weighted by Crippen LogP contribution is -2.37. The van der Waals surface area contributed by atoms with E-state index in [-0.39, 0.29) is 17.0 Å². The number of halogens is 1. The minimum atomic E-state index is 0. The van der Waals surface area contributed by atoms with E-state index in [0.29, 0.717) is 17.7 Å². The Bertz CT molecular complexity index is 644. The summed E-state index contributed by atoms with van der Waals surface area (Å²) in [6.45, 7) is 3.42. The topological polar surface area (TPSA) is 23.5 Å². The molecule has 0 aromatic heterocycles. The van der Waals surface area contributed by atoms with Crippen molar-refractivity contribution in [1.82, 2.24) is 4.90 Å². The van der Waals surface area contributed by atoms with Crippen LogP contribution in [0.2, 0.25) is 0 Å². The maximum atomic E-state index is 9.72. The van der Waals surface area contributed by atoms with Gasteiger partial charge in [-0.05, 0) is 74.4 Å². The van der Waals surface area contributed by atoms with Crippen LogP contribution in [-0.2, 0) is 12.8 Å². The smallest absolute Gasteiger partial charge is 0.115 e. The third kappa shape index (κ3) is 4.40. The third-order valence-electron chi connectivity index (χ3n) is 5.36. The fourth-order valence-corrected chi connectivity index (χ4v) is 3.80. The van der Waals surface area contributed by atoms with Gasteiger partial charge in [0.1, 0.15) is 5.75 Å². The molecule has 130 valence electrons. The zero-order chi connectivity index (χ0) is 16.2. The maximum Gasteiger partial charge on any atom is 0.115 e. The number of likely N-dealkylation sites (N-methyl/N-ethyl adjacent to an activating group) is 1. The third-order valence-corrected chi connectivity index (χ3v) is 5.36. The molecule has 0 bridgehead atoms. The first kappa shape index (κ1) is 19.0. The summed E-state index contributed by atoms with van der Waals surface area (Å²) in [4.78, 5) is 2.49. The van der Waals surface area contributed by atoms with Crippen LogP contribution in [0.5, 0.6) is 5.75 Å². The van der Waals surface area contributed by atoms with Crippen molar-refractivity contribution in [2.45, 2.75) is 44.6 Å². The number of aryl methyl sites for hydroxylation is 1. The summed E-state index contributed by atoms with van der Waals surface area (Å²) in [5, 5.41) is 9.72. The summed E-state index contributed by atoms with van der Waals surface area (Å²) in [6, 6.07) is 17.2. The number of hydrogen-bond acceptors (Lipinski definition) is 2. The number of nitrogens with zero attached hydrogens (tertiary/aromatic N) is 1. The molecular weight excluding hydrogens is 362 g/mol. The number of phenolic OH excluding ortho intramolecular Hbond substituents is 1. The van der Waals surface area contributed by atoms with E-state index < -0.39 is 0 Å². The molecule has 2 aromatic rings. The molecule has 24 heavy (non-hydrogen) atoms. The quantitative estimate of drug-likeness (QED) is 0.781. The van der Waals surface area contributed by atoms with E-state index in [1.54, 1.807) is 0 Å². The minimum Gasteiger partial charge on any atom is -0.508 e. The van der Waals surface area contributed by atoms with Crippen molar-refractivity contribution in [1.29, 1.82) is 0 Å². The summed E-state index contributed by atoms with van der Waals surface area (Å²) in [5.41, 5.74) is 4.18. The summed E-state index contributed by atoms with van der Waals surface area (Å²) < 4.78 is 0. The van der Waals surface area contributed by atoms with Crippen molar-refractivity contribution in [3.8, 4) is 5.75 Å². The molecule has 0 aliphatic heterocycles. The van der Waals surface area contributed by atoms with Crippen LogP contribution in [0.25, 0.3) is 0 Å². The van der Waals surface area contributed by atoms with Crippen molar-refractivity contribution in [2.24, 2.45) is 0 Å². The molecule has 1 N–H and O–H groups in total. The maximum absolute atomic E-state index is 9.72. The Hall–Kier alpha value is -1.32. The molecule has 0 amide bonds. The van der Waals surface area contributed by atoms with Crippen LogP contribution in [0, 0.1) is 0 Å². The lowest BCUT2D eigenvalue weighted by atomic mass is 9.78. The monoisotopic (exact) mass is 389 g/mol. The molecule has 3 heteroatoms. The van der Waals surface area contributed by atoms with E-state index in [0.717, 1.165) is 19.4 Å². The zero-order valence-corrected chi connectivity index (χ0v) is 16.3. The molecule has 3 rings (SSSR count). The van der Waals surface area contributed by atoms with Crippen molar-refractivity contribution in [3.63, 3.8) is 0 Å². The van der Waals surface area contributed by atoms with Crippen LogP contribution in [0.4, 0.5) is 0 Å². The number of rotatable bonds is 5. The van der Waals surface area contributed by atoms with Gasteiger partial charge in [0.2, 0.25) is 0 Å². The molecule has 0 saturated heterocycles. The predicted molar refractivity (Wildman–Crippen MR) is 106 cm³/mol. The highest BCUT2D eigenvalue weighted by Crippen LogP contribution is 2.37. The van der Waals surface area contributed by atoms with Crippen LogP contribution in [-0.4, -0.2) is 29.6 Å². The molecular formula is C21H28BrNO. The van der Waals surface area contributed by atoms with Gasteiger partial charge in [-0.25, -0.2) is 0 Å². The molecule has 2 unspecified atom stereocenters. The highest BCUT2D eigenvalue weighted by molar-refractivity contribution is 8.93.